The van der Waals surface area contributed by atoms with Gasteiger partial charge in [-0.25, -0.2) is 0 Å². The van der Waals surface area contributed by atoms with Crippen LogP contribution in [0.15, 0.2) is 24.3 Å². The lowest BCUT2D eigenvalue weighted by Crippen LogP contribution is -2.46. The van der Waals surface area contributed by atoms with E-state index in [2.05, 4.69) is 6.08 Å². The second-order valence-corrected chi connectivity index (χ2v) is 7.25. The molecular formula is C19H28F2O4. The Bertz CT molecular complexity index is 454. The Labute approximate surface area is 148 Å². The summed E-state index contributed by atoms with van der Waals surface area (Å²) in [5.74, 6) is 0.688. The van der Waals surface area contributed by atoms with Crippen LogP contribution >= 0.6 is 0 Å². The molecular weight excluding hydrogens is 330 g/mol. The third-order valence-corrected chi connectivity index (χ3v) is 5.31. The highest BCUT2D eigenvalue weighted by Gasteiger charge is 2.36. The highest BCUT2D eigenvalue weighted by Crippen LogP contribution is 2.35. The van der Waals surface area contributed by atoms with E-state index >= 15 is 0 Å². The van der Waals surface area contributed by atoms with Crippen LogP contribution in [-0.2, 0) is 18.9 Å². The van der Waals surface area contributed by atoms with Crippen molar-refractivity contribution in [2.75, 3.05) is 26.4 Å². The van der Waals surface area contributed by atoms with E-state index in [0.717, 1.165) is 31.8 Å². The van der Waals surface area contributed by atoms with E-state index in [1.807, 2.05) is 13.0 Å². The van der Waals surface area contributed by atoms with Crippen molar-refractivity contribution in [2.24, 2.45) is 23.7 Å². The Hall–Kier alpha value is -0.820. The maximum absolute atomic E-state index is 12.3. The molecule has 0 N–H and O–H groups in total. The van der Waals surface area contributed by atoms with Crippen molar-refractivity contribution >= 4 is 0 Å². The van der Waals surface area contributed by atoms with Crippen molar-refractivity contribution in [3.63, 3.8) is 0 Å². The quantitative estimate of drug-likeness (QED) is 0.708. The molecule has 142 valence electrons. The first-order valence-corrected chi connectivity index (χ1v) is 9.27. The zero-order valence-electron chi connectivity index (χ0n) is 14.7. The number of ether oxygens (including phenoxy) is 4. The molecule has 3 rings (SSSR count). The molecule has 0 amide bonds. The molecule has 0 radical (unpaired) electrons. The van der Waals surface area contributed by atoms with Crippen LogP contribution in [0.2, 0.25) is 0 Å². The molecule has 0 aromatic carbocycles. The average molecular weight is 358 g/mol. The molecule has 1 saturated carbocycles. The third kappa shape index (κ3) is 5.33. The van der Waals surface area contributed by atoms with E-state index in [4.69, 9.17) is 18.9 Å². The monoisotopic (exact) mass is 358 g/mol. The minimum atomic E-state index is -1.57. The van der Waals surface area contributed by atoms with Crippen LogP contribution in [-0.4, -0.2) is 39.0 Å². The zero-order valence-corrected chi connectivity index (χ0v) is 14.7. The van der Waals surface area contributed by atoms with Gasteiger partial charge in [0.1, 0.15) is 0 Å². The van der Waals surface area contributed by atoms with Crippen molar-refractivity contribution in [3.8, 4) is 0 Å². The Morgan fingerprint density at radius 3 is 1.88 bits per heavy atom. The molecule has 25 heavy (non-hydrogen) atoms. The Balaban J connectivity index is 1.39. The highest BCUT2D eigenvalue weighted by atomic mass is 19.3. The molecule has 3 aliphatic rings. The number of allylic oxidation sites excluding steroid dienone is 2. The first kappa shape index (κ1) is 19.0. The number of rotatable bonds is 4. The summed E-state index contributed by atoms with van der Waals surface area (Å²) in [5.41, 5.74) is 0. The van der Waals surface area contributed by atoms with E-state index in [9.17, 15) is 8.78 Å². The molecule has 0 aromatic rings. The van der Waals surface area contributed by atoms with Crippen LogP contribution in [0, 0.1) is 23.7 Å². The SMILES string of the molecule is C/C=C/C1COC(C2COC(C3CCC(C=C(F)F)CC3)OC2)OC1. The van der Waals surface area contributed by atoms with Gasteiger partial charge in [-0.1, -0.05) is 12.2 Å². The molecule has 0 unspecified atom stereocenters. The van der Waals surface area contributed by atoms with Crippen molar-refractivity contribution in [1.82, 2.24) is 0 Å². The number of hydrogen-bond donors (Lipinski definition) is 0. The van der Waals surface area contributed by atoms with Gasteiger partial charge in [0, 0.05) is 11.8 Å². The fourth-order valence-electron chi connectivity index (χ4n) is 3.91. The Kier molecular flexibility index (Phi) is 6.99. The summed E-state index contributed by atoms with van der Waals surface area (Å²) in [5, 5.41) is 0. The lowest BCUT2D eigenvalue weighted by Gasteiger charge is -2.40. The molecule has 0 bridgehead atoms. The van der Waals surface area contributed by atoms with Gasteiger partial charge >= 0.3 is 0 Å². The molecule has 4 nitrogen and oxygen atoms in total. The molecule has 2 saturated heterocycles. The smallest absolute Gasteiger partial charge is 0.266 e. The lowest BCUT2D eigenvalue weighted by atomic mass is 9.81. The molecule has 0 spiro atoms. The molecule has 2 aliphatic heterocycles. The van der Waals surface area contributed by atoms with Crippen LogP contribution in [0.25, 0.3) is 0 Å². The predicted octanol–water partition coefficient (Wildman–Crippen LogP) is 4.13. The van der Waals surface area contributed by atoms with Gasteiger partial charge in [-0.15, -0.1) is 0 Å². The van der Waals surface area contributed by atoms with E-state index in [1.54, 1.807) is 0 Å². The minimum absolute atomic E-state index is 0.00764. The second kappa shape index (κ2) is 9.21. The highest BCUT2D eigenvalue weighted by molar-refractivity contribution is 4.91. The standard InChI is InChI=1S/C19H28F2O4/c1-2-3-14-9-22-19(23-10-14)16-11-24-18(25-12-16)15-6-4-13(5-7-15)8-17(20)21/h2-3,8,13-16,18-19H,4-7,9-12H2,1H3/b3-2+. The number of halogens is 2. The first-order valence-electron chi connectivity index (χ1n) is 9.27. The first-order chi connectivity index (χ1) is 12.2. The normalized spacial score (nSPS) is 40.1. The van der Waals surface area contributed by atoms with Gasteiger partial charge in [-0.3, -0.25) is 0 Å². The van der Waals surface area contributed by atoms with Crippen molar-refractivity contribution in [1.29, 1.82) is 0 Å². The van der Waals surface area contributed by atoms with E-state index in [-0.39, 0.29) is 24.4 Å². The molecule has 0 atom stereocenters. The average Bonchev–Trinajstić information content (AvgIpc) is 2.63. The van der Waals surface area contributed by atoms with Gasteiger partial charge < -0.3 is 18.9 Å². The maximum Gasteiger partial charge on any atom is 0.266 e. The van der Waals surface area contributed by atoms with Crippen LogP contribution in [0.3, 0.4) is 0 Å². The van der Waals surface area contributed by atoms with E-state index in [0.29, 0.717) is 38.3 Å². The van der Waals surface area contributed by atoms with Gasteiger partial charge in [0.25, 0.3) is 6.08 Å². The maximum atomic E-state index is 12.3. The van der Waals surface area contributed by atoms with Crippen LogP contribution < -0.4 is 0 Å². The lowest BCUT2D eigenvalue weighted by molar-refractivity contribution is -0.288. The summed E-state index contributed by atoms with van der Waals surface area (Å²) < 4.78 is 48.1. The van der Waals surface area contributed by atoms with Gasteiger partial charge in [-0.05, 0) is 44.6 Å². The fourth-order valence-corrected chi connectivity index (χ4v) is 3.91. The third-order valence-electron chi connectivity index (χ3n) is 5.31. The summed E-state index contributed by atoms with van der Waals surface area (Å²) in [4.78, 5) is 0. The van der Waals surface area contributed by atoms with Crippen LogP contribution in [0.5, 0.6) is 0 Å². The van der Waals surface area contributed by atoms with Crippen molar-refractivity contribution in [2.45, 2.75) is 45.2 Å². The van der Waals surface area contributed by atoms with Gasteiger partial charge in [0.2, 0.25) is 0 Å². The molecule has 2 heterocycles. The molecule has 0 aromatic heterocycles. The van der Waals surface area contributed by atoms with Crippen molar-refractivity contribution in [3.05, 3.63) is 24.3 Å². The summed E-state index contributed by atoms with van der Waals surface area (Å²) in [7, 11) is 0. The van der Waals surface area contributed by atoms with Gasteiger partial charge in [0.05, 0.1) is 32.3 Å². The summed E-state index contributed by atoms with van der Waals surface area (Å²) in [6.07, 6.45) is 6.42. The van der Waals surface area contributed by atoms with Crippen molar-refractivity contribution < 1.29 is 27.7 Å². The summed E-state index contributed by atoms with van der Waals surface area (Å²) >= 11 is 0. The minimum Gasteiger partial charge on any atom is -0.352 e. The number of hydrogen-bond acceptors (Lipinski definition) is 4. The Morgan fingerprint density at radius 2 is 1.32 bits per heavy atom. The molecule has 3 fully saturated rings. The largest absolute Gasteiger partial charge is 0.352 e. The van der Waals surface area contributed by atoms with Crippen LogP contribution in [0.4, 0.5) is 8.78 Å². The van der Waals surface area contributed by atoms with Gasteiger partial charge in [-0.2, -0.15) is 8.78 Å². The molecule has 1 aliphatic carbocycles. The molecule has 6 heteroatoms. The summed E-state index contributed by atoms with van der Waals surface area (Å²) in [6.45, 7) is 4.44. The van der Waals surface area contributed by atoms with Gasteiger partial charge in [0.15, 0.2) is 12.6 Å². The summed E-state index contributed by atoms with van der Waals surface area (Å²) in [6, 6.07) is 0. The van der Waals surface area contributed by atoms with E-state index in [1.165, 1.54) is 0 Å². The second-order valence-electron chi connectivity index (χ2n) is 7.25. The predicted molar refractivity (Wildman–Crippen MR) is 88.9 cm³/mol. The zero-order chi connectivity index (χ0) is 17.6. The topological polar surface area (TPSA) is 36.9 Å². The Morgan fingerprint density at radius 1 is 0.760 bits per heavy atom. The fraction of sp³-hybridized carbons (Fsp3) is 0.789. The van der Waals surface area contributed by atoms with E-state index < -0.39 is 6.08 Å². The van der Waals surface area contributed by atoms with Crippen LogP contribution in [0.1, 0.15) is 32.6 Å².